The van der Waals surface area contributed by atoms with Crippen LogP contribution in [0.4, 0.5) is 10.1 Å². The lowest BCUT2D eigenvalue weighted by atomic mass is 9.74. The molecule has 4 nitrogen and oxygen atoms in total. The van der Waals surface area contributed by atoms with E-state index in [0.29, 0.717) is 18.0 Å². The molecule has 3 unspecified atom stereocenters. The Morgan fingerprint density at radius 3 is 2.85 bits per heavy atom. The van der Waals surface area contributed by atoms with E-state index in [1.54, 1.807) is 12.1 Å². The van der Waals surface area contributed by atoms with Gasteiger partial charge in [-0.1, -0.05) is 0 Å². The molecule has 3 heterocycles. The zero-order valence-corrected chi connectivity index (χ0v) is 15.3. The Bertz CT molecular complexity index is 700. The number of fused-ring (bicyclic) bond motifs is 3. The molecule has 3 aliphatic heterocycles. The van der Waals surface area contributed by atoms with Gasteiger partial charge in [-0.2, -0.15) is 0 Å². The Hall–Kier alpha value is -1.62. The van der Waals surface area contributed by atoms with E-state index in [0.717, 1.165) is 64.0 Å². The molecule has 140 valence electrons. The first kappa shape index (κ1) is 16.5. The zero-order chi connectivity index (χ0) is 17.7. The van der Waals surface area contributed by atoms with Crippen LogP contribution in [0.1, 0.15) is 44.1 Å². The second-order valence-corrected chi connectivity index (χ2v) is 8.80. The lowest BCUT2D eigenvalue weighted by Crippen LogP contribution is -2.47. The Kier molecular flexibility index (Phi) is 3.96. The van der Waals surface area contributed by atoms with Crippen LogP contribution in [-0.2, 0) is 10.2 Å². The van der Waals surface area contributed by atoms with Gasteiger partial charge in [0.1, 0.15) is 5.82 Å². The maximum atomic E-state index is 13.8. The van der Waals surface area contributed by atoms with Gasteiger partial charge in [0.25, 0.3) is 0 Å². The number of rotatable bonds is 2. The van der Waals surface area contributed by atoms with Gasteiger partial charge in [0.05, 0.1) is 0 Å². The Morgan fingerprint density at radius 1 is 1.19 bits per heavy atom. The molecule has 26 heavy (non-hydrogen) atoms. The fraction of sp³-hybridized carbons (Fsp3) is 0.667. The van der Waals surface area contributed by atoms with E-state index in [9.17, 15) is 9.18 Å². The van der Waals surface area contributed by atoms with Crippen molar-refractivity contribution in [1.82, 2.24) is 9.80 Å². The number of nitrogens with one attached hydrogen (secondary N) is 1. The van der Waals surface area contributed by atoms with Crippen LogP contribution in [0.15, 0.2) is 18.2 Å². The average molecular weight is 357 g/mol. The Balaban J connectivity index is 1.28. The number of halogens is 1. The molecule has 1 aromatic carbocycles. The van der Waals surface area contributed by atoms with E-state index in [4.69, 9.17) is 0 Å². The highest BCUT2D eigenvalue weighted by molar-refractivity contribution is 5.60. The van der Waals surface area contributed by atoms with Crippen molar-refractivity contribution in [2.24, 2.45) is 5.92 Å². The number of anilines is 1. The number of nitrogens with zero attached hydrogens (tertiary/aromatic N) is 2. The van der Waals surface area contributed by atoms with E-state index >= 15 is 0 Å². The highest BCUT2D eigenvalue weighted by atomic mass is 19.1. The summed E-state index contributed by atoms with van der Waals surface area (Å²) in [6.07, 6.45) is 8.08. The average Bonchev–Trinajstić information content (AvgIpc) is 3.25. The minimum absolute atomic E-state index is 0.105. The third-order valence-electron chi connectivity index (χ3n) is 7.63. The van der Waals surface area contributed by atoms with E-state index in [1.807, 2.05) is 6.07 Å². The molecule has 1 amide bonds. The second-order valence-electron chi connectivity index (χ2n) is 8.80. The molecular formula is C21H28FN3O. The molecule has 1 aliphatic carbocycles. The van der Waals surface area contributed by atoms with Gasteiger partial charge >= 0.3 is 0 Å². The quantitative estimate of drug-likeness (QED) is 0.827. The second kappa shape index (κ2) is 6.22. The van der Waals surface area contributed by atoms with Crippen LogP contribution < -0.4 is 5.32 Å². The Morgan fingerprint density at radius 2 is 2.04 bits per heavy atom. The van der Waals surface area contributed by atoms with Gasteiger partial charge < -0.3 is 15.1 Å². The molecule has 1 spiro atoms. The van der Waals surface area contributed by atoms with Gasteiger partial charge in [-0.05, 0) is 81.3 Å². The van der Waals surface area contributed by atoms with Gasteiger partial charge in [-0.3, -0.25) is 4.79 Å². The van der Waals surface area contributed by atoms with Crippen LogP contribution in [0.2, 0.25) is 0 Å². The first-order valence-corrected chi connectivity index (χ1v) is 10.2. The van der Waals surface area contributed by atoms with Crippen molar-refractivity contribution in [2.45, 2.75) is 56.0 Å². The molecule has 5 heteroatoms. The van der Waals surface area contributed by atoms with E-state index in [2.05, 4.69) is 15.1 Å². The van der Waals surface area contributed by atoms with Crippen LogP contribution in [0.3, 0.4) is 0 Å². The number of benzene rings is 1. The summed E-state index contributed by atoms with van der Waals surface area (Å²) in [6, 6.07) is 6.27. The normalized spacial score (nSPS) is 33.0. The summed E-state index contributed by atoms with van der Waals surface area (Å²) in [7, 11) is 0. The number of likely N-dealkylation sites (tertiary alicyclic amines) is 2. The van der Waals surface area contributed by atoms with Crippen molar-refractivity contribution in [3.8, 4) is 0 Å². The lowest BCUT2D eigenvalue weighted by Gasteiger charge is -2.42. The van der Waals surface area contributed by atoms with E-state index < -0.39 is 0 Å². The van der Waals surface area contributed by atoms with E-state index in [-0.39, 0.29) is 11.2 Å². The highest BCUT2D eigenvalue weighted by Crippen LogP contribution is 2.46. The van der Waals surface area contributed by atoms with Crippen LogP contribution >= 0.6 is 0 Å². The van der Waals surface area contributed by atoms with Gasteiger partial charge in [0.2, 0.25) is 6.41 Å². The van der Waals surface area contributed by atoms with Crippen molar-refractivity contribution in [3.63, 3.8) is 0 Å². The molecule has 0 radical (unpaired) electrons. The maximum Gasteiger partial charge on any atom is 0.209 e. The molecule has 3 atom stereocenters. The molecule has 0 aromatic heterocycles. The van der Waals surface area contributed by atoms with Gasteiger partial charge in [-0.15, -0.1) is 0 Å². The van der Waals surface area contributed by atoms with E-state index in [1.165, 1.54) is 18.4 Å². The standard InChI is InChI=1S/C21H28FN3O/c22-16-3-4-19-18(11-16)21(13-23-19)5-8-24(9-6-21)17-10-15-2-1-7-25(14-26)20(15)12-17/h3-4,11,14-15,17,20,23H,1-2,5-10,12-13H2. The van der Waals surface area contributed by atoms with Gasteiger partial charge in [0.15, 0.2) is 0 Å². The predicted molar refractivity (Wildman–Crippen MR) is 99.7 cm³/mol. The fourth-order valence-electron chi connectivity index (χ4n) is 6.15. The number of carbonyl (C=O) groups is 1. The molecule has 3 fully saturated rings. The predicted octanol–water partition coefficient (Wildman–Crippen LogP) is 2.98. The molecule has 0 bridgehead atoms. The fourth-order valence-corrected chi connectivity index (χ4v) is 6.15. The van der Waals surface area contributed by atoms with Crippen molar-refractivity contribution < 1.29 is 9.18 Å². The van der Waals surface area contributed by atoms with Crippen LogP contribution in [0.5, 0.6) is 0 Å². The molecule has 1 aromatic rings. The summed E-state index contributed by atoms with van der Waals surface area (Å²) < 4.78 is 13.8. The first-order valence-electron chi connectivity index (χ1n) is 10.2. The summed E-state index contributed by atoms with van der Waals surface area (Å²) >= 11 is 0. The lowest BCUT2D eigenvalue weighted by molar-refractivity contribution is -0.122. The van der Waals surface area contributed by atoms with Crippen molar-refractivity contribution in [2.75, 3.05) is 31.5 Å². The van der Waals surface area contributed by atoms with Crippen LogP contribution in [0.25, 0.3) is 0 Å². The number of carbonyl (C=O) groups excluding carboxylic acids is 1. The third kappa shape index (κ3) is 2.55. The summed E-state index contributed by atoms with van der Waals surface area (Å²) in [5.41, 5.74) is 2.41. The SMILES string of the molecule is O=CN1CCCC2CC(N3CCC4(CC3)CNc3ccc(F)cc34)CC21. The summed E-state index contributed by atoms with van der Waals surface area (Å²) in [4.78, 5) is 16.1. The summed E-state index contributed by atoms with van der Waals surface area (Å²) in [5, 5.41) is 3.50. The van der Waals surface area contributed by atoms with Crippen LogP contribution in [0, 0.1) is 11.7 Å². The monoisotopic (exact) mass is 357 g/mol. The molecular weight excluding hydrogens is 329 g/mol. The smallest absolute Gasteiger partial charge is 0.209 e. The molecule has 1 saturated carbocycles. The third-order valence-corrected chi connectivity index (χ3v) is 7.63. The number of piperidine rings is 2. The van der Waals surface area contributed by atoms with Crippen molar-refractivity contribution in [3.05, 3.63) is 29.6 Å². The summed E-state index contributed by atoms with van der Waals surface area (Å²) in [5.74, 6) is 0.570. The number of hydrogen-bond donors (Lipinski definition) is 1. The minimum atomic E-state index is -0.122. The van der Waals surface area contributed by atoms with Gasteiger partial charge in [-0.25, -0.2) is 4.39 Å². The topological polar surface area (TPSA) is 35.6 Å². The highest BCUT2D eigenvalue weighted by Gasteiger charge is 2.46. The zero-order valence-electron chi connectivity index (χ0n) is 15.3. The number of amides is 1. The number of hydrogen-bond acceptors (Lipinski definition) is 3. The molecule has 4 aliphatic rings. The molecule has 2 saturated heterocycles. The molecule has 5 rings (SSSR count). The first-order chi connectivity index (χ1) is 12.7. The Labute approximate surface area is 154 Å². The van der Waals surface area contributed by atoms with Gasteiger partial charge in [0, 0.05) is 36.3 Å². The minimum Gasteiger partial charge on any atom is -0.384 e. The maximum absolute atomic E-state index is 13.8. The summed E-state index contributed by atoms with van der Waals surface area (Å²) in [6.45, 7) is 4.05. The van der Waals surface area contributed by atoms with Crippen LogP contribution in [-0.4, -0.2) is 54.5 Å². The van der Waals surface area contributed by atoms with Crippen molar-refractivity contribution >= 4 is 12.1 Å². The largest absolute Gasteiger partial charge is 0.384 e. The van der Waals surface area contributed by atoms with Crippen molar-refractivity contribution in [1.29, 1.82) is 0 Å². The molecule has 1 N–H and O–H groups in total.